The minimum absolute atomic E-state index is 0.0993. The normalized spacial score (nSPS) is 20.0. The zero-order chi connectivity index (χ0) is 18.4. The molecule has 8 heteroatoms. The number of amides is 1. The van der Waals surface area contributed by atoms with Gasteiger partial charge in [-0.25, -0.2) is 0 Å². The minimum Gasteiger partial charge on any atom is -0.370 e. The van der Waals surface area contributed by atoms with Gasteiger partial charge in [0.05, 0.1) is 12.3 Å². The summed E-state index contributed by atoms with van der Waals surface area (Å²) in [6.07, 6.45) is 0. The second-order valence-electron chi connectivity index (χ2n) is 7.19. The first kappa shape index (κ1) is 17.6. The average Bonchev–Trinajstić information content (AvgIpc) is 3.09. The van der Waals surface area contributed by atoms with Gasteiger partial charge in [-0.15, -0.1) is 10.2 Å². The molecule has 2 aromatic heterocycles. The molecule has 0 saturated heterocycles. The number of nitrogens with zero attached hydrogens (tertiary/aromatic N) is 5. The molecule has 2 aromatic rings. The fourth-order valence-electron chi connectivity index (χ4n) is 3.34. The van der Waals surface area contributed by atoms with Gasteiger partial charge >= 0.3 is 0 Å². The number of hydrogen-bond donors (Lipinski definition) is 1. The Morgan fingerprint density at radius 2 is 2.08 bits per heavy atom. The van der Waals surface area contributed by atoms with Gasteiger partial charge in [0.25, 0.3) is 0 Å². The third-order valence-electron chi connectivity index (χ3n) is 4.95. The Bertz CT molecular complexity index is 806. The predicted octanol–water partition coefficient (Wildman–Crippen LogP) is 1.31. The van der Waals surface area contributed by atoms with Crippen LogP contribution in [0, 0.1) is 13.8 Å². The molecule has 0 aliphatic carbocycles. The van der Waals surface area contributed by atoms with Crippen molar-refractivity contribution in [1.29, 1.82) is 0 Å². The van der Waals surface area contributed by atoms with Crippen LogP contribution in [0.25, 0.3) is 0 Å². The molecule has 3 heterocycles. The number of carbonyl (C=O) groups excluding carboxylic acids is 1. The predicted molar refractivity (Wildman–Crippen MR) is 91.9 cm³/mol. The molecule has 1 unspecified atom stereocenters. The van der Waals surface area contributed by atoms with Crippen LogP contribution in [0.1, 0.15) is 55.3 Å². The maximum Gasteiger partial charge on any atom is 0.248 e. The van der Waals surface area contributed by atoms with Crippen LogP contribution in [0.4, 0.5) is 0 Å². The van der Waals surface area contributed by atoms with Crippen LogP contribution in [-0.4, -0.2) is 37.1 Å². The summed E-state index contributed by atoms with van der Waals surface area (Å²) < 4.78 is 9.40. The molecule has 0 spiro atoms. The summed E-state index contributed by atoms with van der Waals surface area (Å²) in [5, 5.41) is 15.9. The number of fused-ring (bicyclic) bond motifs is 1. The van der Waals surface area contributed by atoms with Crippen LogP contribution in [-0.2, 0) is 35.3 Å². The lowest BCUT2D eigenvalue weighted by atomic mass is 9.98. The van der Waals surface area contributed by atoms with Crippen LogP contribution >= 0.6 is 0 Å². The first-order chi connectivity index (χ1) is 11.8. The molecule has 0 bridgehead atoms. The standard InChI is InChI=1S/C17H26N6O2/c1-10(2)15-20-19-14-8-25-9-17(5,23(14)15)16(24)18-7-13-11(3)21-22(6)12(13)4/h10H,7-9H2,1-6H3,(H,18,24). The van der Waals surface area contributed by atoms with Crippen molar-refractivity contribution in [2.24, 2.45) is 7.05 Å². The number of aromatic nitrogens is 5. The number of nitrogens with one attached hydrogen (secondary N) is 1. The molecule has 3 rings (SSSR count). The van der Waals surface area contributed by atoms with Crippen molar-refractivity contribution in [2.45, 2.75) is 59.2 Å². The topological polar surface area (TPSA) is 86.9 Å². The van der Waals surface area contributed by atoms with Gasteiger partial charge in [0, 0.05) is 30.8 Å². The third kappa shape index (κ3) is 2.84. The maximum atomic E-state index is 13.1. The van der Waals surface area contributed by atoms with Crippen LogP contribution in [0.5, 0.6) is 0 Å². The Balaban J connectivity index is 1.87. The van der Waals surface area contributed by atoms with E-state index in [1.807, 2.05) is 50.9 Å². The van der Waals surface area contributed by atoms with E-state index in [0.29, 0.717) is 25.6 Å². The zero-order valence-corrected chi connectivity index (χ0v) is 15.8. The first-order valence-electron chi connectivity index (χ1n) is 8.55. The molecule has 1 N–H and O–H groups in total. The molecule has 1 atom stereocenters. The Kier molecular flexibility index (Phi) is 4.40. The minimum atomic E-state index is -0.860. The Morgan fingerprint density at radius 1 is 1.36 bits per heavy atom. The van der Waals surface area contributed by atoms with Gasteiger partial charge in [-0.3, -0.25) is 14.0 Å². The van der Waals surface area contributed by atoms with E-state index in [-0.39, 0.29) is 11.8 Å². The average molecular weight is 346 g/mol. The summed E-state index contributed by atoms with van der Waals surface area (Å²) in [5.74, 6) is 1.58. The van der Waals surface area contributed by atoms with Crippen LogP contribution in [0.2, 0.25) is 0 Å². The van der Waals surface area contributed by atoms with E-state index in [9.17, 15) is 4.79 Å². The van der Waals surface area contributed by atoms with Crippen LogP contribution < -0.4 is 5.32 Å². The zero-order valence-electron chi connectivity index (χ0n) is 15.8. The van der Waals surface area contributed by atoms with Gasteiger partial charge in [0.15, 0.2) is 5.82 Å². The molecule has 0 aromatic carbocycles. The van der Waals surface area contributed by atoms with Gasteiger partial charge in [-0.1, -0.05) is 13.8 Å². The van der Waals surface area contributed by atoms with Crippen LogP contribution in [0.15, 0.2) is 0 Å². The summed E-state index contributed by atoms with van der Waals surface area (Å²) in [7, 11) is 1.91. The molecule has 0 fully saturated rings. The summed E-state index contributed by atoms with van der Waals surface area (Å²) in [4.78, 5) is 13.1. The largest absolute Gasteiger partial charge is 0.370 e. The number of ether oxygens (including phenoxy) is 1. The van der Waals surface area contributed by atoms with E-state index in [0.717, 1.165) is 22.8 Å². The fourth-order valence-corrected chi connectivity index (χ4v) is 3.34. The summed E-state index contributed by atoms with van der Waals surface area (Å²) in [6, 6.07) is 0. The van der Waals surface area contributed by atoms with Crippen molar-refractivity contribution in [3.05, 3.63) is 28.6 Å². The van der Waals surface area contributed by atoms with Crippen molar-refractivity contribution >= 4 is 5.91 Å². The fraction of sp³-hybridized carbons (Fsp3) is 0.647. The quantitative estimate of drug-likeness (QED) is 0.902. The van der Waals surface area contributed by atoms with E-state index in [4.69, 9.17) is 4.74 Å². The third-order valence-corrected chi connectivity index (χ3v) is 4.95. The molecule has 8 nitrogen and oxygen atoms in total. The van der Waals surface area contributed by atoms with Crippen molar-refractivity contribution < 1.29 is 9.53 Å². The van der Waals surface area contributed by atoms with E-state index >= 15 is 0 Å². The van der Waals surface area contributed by atoms with Crippen molar-refractivity contribution in [3.63, 3.8) is 0 Å². The van der Waals surface area contributed by atoms with Gasteiger partial charge in [0.1, 0.15) is 18.0 Å². The molecule has 1 amide bonds. The van der Waals surface area contributed by atoms with E-state index < -0.39 is 5.54 Å². The molecule has 136 valence electrons. The lowest BCUT2D eigenvalue weighted by molar-refractivity contribution is -0.135. The lowest BCUT2D eigenvalue weighted by Crippen LogP contribution is -2.53. The Labute approximate surface area is 147 Å². The molecular formula is C17H26N6O2. The highest BCUT2D eigenvalue weighted by atomic mass is 16.5. The van der Waals surface area contributed by atoms with Gasteiger partial charge in [-0.05, 0) is 20.8 Å². The molecule has 25 heavy (non-hydrogen) atoms. The van der Waals surface area contributed by atoms with Crippen molar-refractivity contribution in [1.82, 2.24) is 29.9 Å². The maximum absolute atomic E-state index is 13.1. The second kappa shape index (κ2) is 6.25. The van der Waals surface area contributed by atoms with Gasteiger partial charge < -0.3 is 10.1 Å². The lowest BCUT2D eigenvalue weighted by Gasteiger charge is -2.35. The summed E-state index contributed by atoms with van der Waals surface area (Å²) in [6.45, 7) is 11.0. The number of aryl methyl sites for hydroxylation is 2. The Hall–Kier alpha value is -2.22. The molecule has 0 radical (unpaired) electrons. The SMILES string of the molecule is Cc1nn(C)c(C)c1CNC(=O)C1(C)COCc2nnc(C(C)C)n21. The van der Waals surface area contributed by atoms with E-state index in [2.05, 4.69) is 20.6 Å². The highest BCUT2D eigenvalue weighted by molar-refractivity contribution is 5.84. The molecule has 1 aliphatic rings. The molecule has 1 aliphatic heterocycles. The highest BCUT2D eigenvalue weighted by Crippen LogP contribution is 2.29. The van der Waals surface area contributed by atoms with Gasteiger partial charge in [-0.2, -0.15) is 5.10 Å². The van der Waals surface area contributed by atoms with E-state index in [1.54, 1.807) is 0 Å². The summed E-state index contributed by atoms with van der Waals surface area (Å²) >= 11 is 0. The monoisotopic (exact) mass is 346 g/mol. The smallest absolute Gasteiger partial charge is 0.248 e. The number of rotatable bonds is 4. The van der Waals surface area contributed by atoms with Crippen molar-refractivity contribution in [2.75, 3.05) is 6.61 Å². The van der Waals surface area contributed by atoms with E-state index in [1.165, 1.54) is 0 Å². The van der Waals surface area contributed by atoms with Gasteiger partial charge in [0.2, 0.25) is 5.91 Å². The highest BCUT2D eigenvalue weighted by Gasteiger charge is 2.42. The summed E-state index contributed by atoms with van der Waals surface area (Å²) in [5.41, 5.74) is 2.17. The van der Waals surface area contributed by atoms with Crippen LogP contribution in [0.3, 0.4) is 0 Å². The molecule has 0 saturated carbocycles. The van der Waals surface area contributed by atoms with Crippen molar-refractivity contribution in [3.8, 4) is 0 Å². The number of hydrogen-bond acceptors (Lipinski definition) is 5. The Morgan fingerprint density at radius 3 is 2.68 bits per heavy atom. The number of carbonyl (C=O) groups is 1. The molecular weight excluding hydrogens is 320 g/mol. The first-order valence-corrected chi connectivity index (χ1v) is 8.55. The second-order valence-corrected chi connectivity index (χ2v) is 7.19.